The van der Waals surface area contributed by atoms with E-state index in [0.29, 0.717) is 28.9 Å². The fraction of sp³-hybridized carbons (Fsp3) is 0.333. The van der Waals surface area contributed by atoms with E-state index in [1.165, 1.54) is 0 Å². The summed E-state index contributed by atoms with van der Waals surface area (Å²) in [7, 11) is 3.19. The topological polar surface area (TPSA) is 76.1 Å². The van der Waals surface area contributed by atoms with Gasteiger partial charge in [0.15, 0.2) is 11.5 Å². The average Bonchev–Trinajstić information content (AvgIpc) is 3.14. The number of methoxy groups -OCH3 is 2. The van der Waals surface area contributed by atoms with Crippen molar-refractivity contribution in [1.82, 2.24) is 14.7 Å². The van der Waals surface area contributed by atoms with Gasteiger partial charge in [-0.05, 0) is 54.7 Å². The second kappa shape index (κ2) is 8.76. The van der Waals surface area contributed by atoms with Crippen LogP contribution in [0.15, 0.2) is 46.9 Å². The summed E-state index contributed by atoms with van der Waals surface area (Å²) in [4.78, 5) is 4.92. The molecular weight excluding hydrogens is 404 g/mol. The number of anilines is 1. The van der Waals surface area contributed by atoms with Gasteiger partial charge in [-0.2, -0.15) is 0 Å². The van der Waals surface area contributed by atoms with Gasteiger partial charge >= 0.3 is 0 Å². The van der Waals surface area contributed by atoms with Gasteiger partial charge in [-0.1, -0.05) is 0 Å². The number of piperazine rings is 1. The van der Waals surface area contributed by atoms with E-state index in [2.05, 4.69) is 14.9 Å². The molecule has 1 fully saturated rings. The van der Waals surface area contributed by atoms with Crippen LogP contribution in [-0.4, -0.2) is 60.2 Å². The lowest BCUT2D eigenvalue weighted by atomic mass is 10.2. The zero-order valence-electron chi connectivity index (χ0n) is 16.9. The number of ether oxygens (including phenoxy) is 2. The summed E-state index contributed by atoms with van der Waals surface area (Å²) in [5, 5.41) is 14.0. The van der Waals surface area contributed by atoms with Gasteiger partial charge < -0.3 is 23.9 Å². The van der Waals surface area contributed by atoms with E-state index in [4.69, 9.17) is 26.1 Å². The van der Waals surface area contributed by atoms with Crippen LogP contribution in [0.1, 0.15) is 0 Å². The predicted octanol–water partition coefficient (Wildman–Crippen LogP) is 3.38. The zero-order valence-corrected chi connectivity index (χ0v) is 17.8. The average molecular weight is 429 g/mol. The second-order valence-electron chi connectivity index (χ2n) is 7.01. The van der Waals surface area contributed by atoms with E-state index in [1.54, 1.807) is 31.0 Å². The van der Waals surface area contributed by atoms with Crippen molar-refractivity contribution >= 4 is 17.9 Å². The van der Waals surface area contributed by atoms with Crippen LogP contribution in [0.2, 0.25) is 0 Å². The molecule has 1 N–H and O–H groups in total. The van der Waals surface area contributed by atoms with E-state index >= 15 is 0 Å². The molecule has 2 heterocycles. The smallest absolute Gasteiger partial charge is 0.288 e. The minimum atomic E-state index is 0.281. The van der Waals surface area contributed by atoms with Crippen molar-refractivity contribution < 1.29 is 19.0 Å². The first-order valence-corrected chi connectivity index (χ1v) is 10.0. The maximum absolute atomic E-state index is 9.46. The van der Waals surface area contributed by atoms with Crippen LogP contribution in [-0.2, 0) is 6.67 Å². The first-order chi connectivity index (χ1) is 14.6. The Morgan fingerprint density at radius 1 is 1.00 bits per heavy atom. The Morgan fingerprint density at radius 2 is 1.70 bits per heavy atom. The molecule has 0 radical (unpaired) electrons. The van der Waals surface area contributed by atoms with Gasteiger partial charge in [0.2, 0.25) is 5.89 Å². The monoisotopic (exact) mass is 428 g/mol. The molecule has 30 heavy (non-hydrogen) atoms. The van der Waals surface area contributed by atoms with Crippen LogP contribution in [0.5, 0.6) is 17.2 Å². The fourth-order valence-electron chi connectivity index (χ4n) is 3.48. The highest BCUT2D eigenvalue weighted by molar-refractivity contribution is 7.71. The van der Waals surface area contributed by atoms with Crippen molar-refractivity contribution in [3.63, 3.8) is 0 Å². The number of phenolic OH excluding ortho intramolecular Hbond substituents is 1. The molecule has 0 amide bonds. The van der Waals surface area contributed by atoms with Crippen LogP contribution >= 0.6 is 12.2 Å². The summed E-state index contributed by atoms with van der Waals surface area (Å²) in [5.74, 6) is 1.98. The van der Waals surface area contributed by atoms with Crippen molar-refractivity contribution in [3.05, 3.63) is 47.3 Å². The molecule has 1 aromatic heterocycles. The van der Waals surface area contributed by atoms with Crippen LogP contribution in [0.4, 0.5) is 5.69 Å². The molecule has 158 valence electrons. The standard InChI is InChI=1S/C21H24N4O4S/c1-27-18-8-3-15(13-19(18)28-2)20-22-25(21(30)29-20)14-23-9-11-24(12-10-23)16-4-6-17(26)7-5-16/h3-8,13,26H,9-12,14H2,1-2H3. The Kier molecular flexibility index (Phi) is 5.91. The Balaban J connectivity index is 1.42. The molecule has 0 unspecified atom stereocenters. The predicted molar refractivity (Wildman–Crippen MR) is 116 cm³/mol. The lowest BCUT2D eigenvalue weighted by Crippen LogP contribution is -2.46. The highest BCUT2D eigenvalue weighted by atomic mass is 32.1. The molecule has 1 aliphatic rings. The Hall–Kier alpha value is -3.04. The van der Waals surface area contributed by atoms with Crippen LogP contribution in [0.25, 0.3) is 11.5 Å². The number of rotatable bonds is 6. The second-order valence-corrected chi connectivity index (χ2v) is 7.35. The summed E-state index contributed by atoms with van der Waals surface area (Å²) < 4.78 is 18.1. The van der Waals surface area contributed by atoms with E-state index in [9.17, 15) is 5.11 Å². The number of hydrogen-bond donors (Lipinski definition) is 1. The molecule has 0 bridgehead atoms. The number of aromatic hydroxyl groups is 1. The lowest BCUT2D eigenvalue weighted by Gasteiger charge is -2.35. The maximum Gasteiger partial charge on any atom is 0.288 e. The van der Waals surface area contributed by atoms with Gasteiger partial charge in [-0.25, -0.2) is 4.68 Å². The summed E-state index contributed by atoms with van der Waals surface area (Å²) in [6.07, 6.45) is 0. The molecule has 0 saturated carbocycles. The molecule has 0 spiro atoms. The van der Waals surface area contributed by atoms with Crippen molar-refractivity contribution in [2.45, 2.75) is 6.67 Å². The Morgan fingerprint density at radius 3 is 2.37 bits per heavy atom. The number of hydrogen-bond acceptors (Lipinski definition) is 8. The minimum Gasteiger partial charge on any atom is -0.508 e. The third-order valence-electron chi connectivity index (χ3n) is 5.16. The summed E-state index contributed by atoms with van der Waals surface area (Å²) >= 11 is 5.38. The number of nitrogens with zero attached hydrogens (tertiary/aromatic N) is 4. The fourth-order valence-corrected chi connectivity index (χ4v) is 3.66. The largest absolute Gasteiger partial charge is 0.508 e. The summed E-state index contributed by atoms with van der Waals surface area (Å²) in [6.45, 7) is 4.10. The van der Waals surface area contributed by atoms with Crippen molar-refractivity contribution in [2.75, 3.05) is 45.3 Å². The summed E-state index contributed by atoms with van der Waals surface area (Å²) in [5.41, 5.74) is 1.89. The van der Waals surface area contributed by atoms with E-state index in [1.807, 2.05) is 30.3 Å². The zero-order chi connectivity index (χ0) is 21.1. The number of phenols is 1. The number of aromatic nitrogens is 2. The van der Waals surface area contributed by atoms with Gasteiger partial charge in [0.05, 0.1) is 20.9 Å². The molecule has 0 aliphatic carbocycles. The van der Waals surface area contributed by atoms with Crippen molar-refractivity contribution in [3.8, 4) is 28.7 Å². The molecule has 0 atom stereocenters. The van der Waals surface area contributed by atoms with E-state index < -0.39 is 0 Å². The van der Waals surface area contributed by atoms with Crippen molar-refractivity contribution in [2.24, 2.45) is 0 Å². The van der Waals surface area contributed by atoms with Crippen LogP contribution < -0.4 is 14.4 Å². The van der Waals surface area contributed by atoms with Gasteiger partial charge in [0.1, 0.15) is 5.75 Å². The van der Waals surface area contributed by atoms with Gasteiger partial charge in [-0.3, -0.25) is 4.90 Å². The first-order valence-electron chi connectivity index (χ1n) is 9.64. The molecule has 9 heteroatoms. The third-order valence-corrected chi connectivity index (χ3v) is 5.45. The molecule has 2 aromatic carbocycles. The molecular formula is C21H24N4O4S. The van der Waals surface area contributed by atoms with Crippen LogP contribution in [0.3, 0.4) is 0 Å². The van der Waals surface area contributed by atoms with Crippen LogP contribution in [0, 0.1) is 4.84 Å². The normalized spacial score (nSPS) is 14.7. The molecule has 3 aromatic rings. The first kappa shape index (κ1) is 20.2. The van der Waals surface area contributed by atoms with Gasteiger partial charge in [-0.15, -0.1) is 5.10 Å². The van der Waals surface area contributed by atoms with Gasteiger partial charge in [0, 0.05) is 37.4 Å². The lowest BCUT2D eigenvalue weighted by molar-refractivity contribution is 0.192. The number of benzene rings is 2. The minimum absolute atomic E-state index is 0.281. The molecule has 8 nitrogen and oxygen atoms in total. The third kappa shape index (κ3) is 4.27. The highest BCUT2D eigenvalue weighted by Gasteiger charge is 2.19. The van der Waals surface area contributed by atoms with E-state index in [-0.39, 0.29) is 5.75 Å². The molecule has 1 saturated heterocycles. The van der Waals surface area contributed by atoms with E-state index in [0.717, 1.165) is 37.4 Å². The Labute approximate surface area is 179 Å². The molecule has 1 aliphatic heterocycles. The Bertz CT molecular complexity index is 1060. The molecule has 4 rings (SSSR count). The quantitative estimate of drug-likeness (QED) is 0.599. The maximum atomic E-state index is 9.46. The van der Waals surface area contributed by atoms with Crippen molar-refractivity contribution in [1.29, 1.82) is 0 Å². The van der Waals surface area contributed by atoms with Gasteiger partial charge in [0.25, 0.3) is 4.84 Å². The highest BCUT2D eigenvalue weighted by Crippen LogP contribution is 2.31. The SMILES string of the molecule is COc1ccc(-c2nn(CN3CCN(c4ccc(O)cc4)CC3)c(=S)o2)cc1OC. The summed E-state index contributed by atoms with van der Waals surface area (Å²) in [6, 6.07) is 12.8.